The monoisotopic (exact) mass is 377 g/mol. The summed E-state index contributed by atoms with van der Waals surface area (Å²) in [6.07, 6.45) is 3.55. The van der Waals surface area contributed by atoms with Crippen molar-refractivity contribution in [2.24, 2.45) is 0 Å². The molecule has 1 unspecified atom stereocenters. The Hall–Kier alpha value is -3.35. The molecule has 0 spiro atoms. The number of benzene rings is 1. The fourth-order valence-corrected chi connectivity index (χ4v) is 3.53. The van der Waals surface area contributed by atoms with E-state index in [2.05, 4.69) is 29.0 Å². The third-order valence-corrected chi connectivity index (χ3v) is 5.21. The van der Waals surface area contributed by atoms with E-state index < -0.39 is 0 Å². The van der Waals surface area contributed by atoms with Gasteiger partial charge in [-0.25, -0.2) is 0 Å². The predicted molar refractivity (Wildman–Crippen MR) is 105 cm³/mol. The highest BCUT2D eigenvalue weighted by atomic mass is 16.5. The Morgan fingerprint density at radius 3 is 2.61 bits per heavy atom. The molecule has 4 rings (SSSR count). The molecule has 1 aliphatic rings. The number of carbonyl (C=O) groups excluding carboxylic acids is 1. The van der Waals surface area contributed by atoms with Crippen LogP contribution < -0.4 is 4.90 Å². The first kappa shape index (κ1) is 18.0. The van der Waals surface area contributed by atoms with Crippen LogP contribution in [0.5, 0.6) is 0 Å². The van der Waals surface area contributed by atoms with Gasteiger partial charge in [0, 0.05) is 18.3 Å². The maximum absolute atomic E-state index is 12.9. The molecule has 1 aliphatic heterocycles. The Balaban J connectivity index is 1.55. The van der Waals surface area contributed by atoms with Crippen molar-refractivity contribution in [3.05, 3.63) is 77.7 Å². The van der Waals surface area contributed by atoms with Crippen LogP contribution in [-0.4, -0.2) is 31.8 Å². The van der Waals surface area contributed by atoms with Crippen molar-refractivity contribution in [1.29, 1.82) is 0 Å². The van der Waals surface area contributed by atoms with Gasteiger partial charge in [-0.05, 0) is 26.3 Å². The number of aromatic nitrogens is 3. The van der Waals surface area contributed by atoms with Gasteiger partial charge in [0.2, 0.25) is 0 Å². The van der Waals surface area contributed by atoms with Crippen LogP contribution in [0.15, 0.2) is 59.6 Å². The molecule has 7 heteroatoms. The van der Waals surface area contributed by atoms with Gasteiger partial charge in [0.25, 0.3) is 5.91 Å². The molecule has 3 heterocycles. The van der Waals surface area contributed by atoms with Gasteiger partial charge < -0.3 is 9.42 Å². The molecule has 1 saturated heterocycles. The zero-order valence-electron chi connectivity index (χ0n) is 16.3. The number of hydrogen-bond donors (Lipinski definition) is 0. The molecule has 0 radical (unpaired) electrons. The van der Waals surface area contributed by atoms with E-state index >= 15 is 0 Å². The normalized spacial score (nSPS) is 17.0. The number of hydrogen-bond acceptors (Lipinski definition) is 5. The lowest BCUT2D eigenvalue weighted by molar-refractivity contribution is -0.119. The average molecular weight is 377 g/mol. The molecule has 3 aromatic rings. The number of anilines is 1. The van der Waals surface area contributed by atoms with E-state index in [0.29, 0.717) is 24.6 Å². The Morgan fingerprint density at radius 2 is 1.93 bits per heavy atom. The van der Waals surface area contributed by atoms with Gasteiger partial charge in [0.1, 0.15) is 17.6 Å². The summed E-state index contributed by atoms with van der Waals surface area (Å²) in [5.41, 5.74) is 3.70. The highest BCUT2D eigenvalue weighted by molar-refractivity contribution is 6.02. The maximum atomic E-state index is 12.9. The second kappa shape index (κ2) is 6.99. The molecule has 1 amide bonds. The fraction of sp³-hybridized carbons (Fsp3) is 0.286. The Bertz CT molecular complexity index is 1000. The fourth-order valence-electron chi connectivity index (χ4n) is 3.53. The van der Waals surface area contributed by atoms with Crippen molar-refractivity contribution >= 4 is 11.6 Å². The van der Waals surface area contributed by atoms with Gasteiger partial charge in [-0.2, -0.15) is 5.10 Å². The van der Waals surface area contributed by atoms with Gasteiger partial charge in [-0.15, -0.1) is 0 Å². The molecule has 1 atom stereocenters. The molecule has 144 valence electrons. The summed E-state index contributed by atoms with van der Waals surface area (Å²) < 4.78 is 7.00. The number of aryl methyl sites for hydroxylation is 2. The lowest BCUT2D eigenvalue weighted by Crippen LogP contribution is -2.29. The summed E-state index contributed by atoms with van der Waals surface area (Å²) in [7, 11) is 0. The van der Waals surface area contributed by atoms with Crippen LogP contribution >= 0.6 is 0 Å². The maximum Gasteiger partial charge on any atom is 0.255 e. The average Bonchev–Trinajstić information content (AvgIpc) is 3.33. The minimum Gasteiger partial charge on any atom is -0.361 e. The van der Waals surface area contributed by atoms with Crippen molar-refractivity contribution in [2.75, 3.05) is 4.90 Å². The van der Waals surface area contributed by atoms with Crippen molar-refractivity contribution in [2.45, 2.75) is 39.9 Å². The second-order valence-electron chi connectivity index (χ2n) is 7.08. The Labute approximate surface area is 163 Å². The SMILES string of the molecule is C=C1N(c2cnn(Cc3c(C)noc3C)c2)C(=O)C(C)N1Cc1ccccc1. The lowest BCUT2D eigenvalue weighted by atomic mass is 10.2. The van der Waals surface area contributed by atoms with Crippen LogP contribution in [-0.2, 0) is 17.9 Å². The third kappa shape index (κ3) is 3.09. The molecule has 7 nitrogen and oxygen atoms in total. The molecule has 28 heavy (non-hydrogen) atoms. The number of carbonyl (C=O) groups is 1. The van der Waals surface area contributed by atoms with E-state index in [1.165, 1.54) is 0 Å². The van der Waals surface area contributed by atoms with Crippen molar-refractivity contribution in [3.63, 3.8) is 0 Å². The number of rotatable bonds is 5. The van der Waals surface area contributed by atoms with Gasteiger partial charge in [0.05, 0.1) is 24.1 Å². The predicted octanol–water partition coefficient (Wildman–Crippen LogP) is 3.24. The minimum atomic E-state index is -0.279. The molecular formula is C21H23N5O2. The molecule has 1 fully saturated rings. The van der Waals surface area contributed by atoms with E-state index in [1.54, 1.807) is 15.8 Å². The smallest absolute Gasteiger partial charge is 0.255 e. The summed E-state index contributed by atoms with van der Waals surface area (Å²) in [6.45, 7) is 11.0. The van der Waals surface area contributed by atoms with Crippen LogP contribution in [0.4, 0.5) is 5.69 Å². The molecule has 0 bridgehead atoms. The summed E-state index contributed by atoms with van der Waals surface area (Å²) in [4.78, 5) is 16.6. The van der Waals surface area contributed by atoms with E-state index in [9.17, 15) is 4.79 Å². The molecule has 0 aliphatic carbocycles. The van der Waals surface area contributed by atoms with Crippen LogP contribution in [0, 0.1) is 13.8 Å². The molecular weight excluding hydrogens is 354 g/mol. The first-order valence-electron chi connectivity index (χ1n) is 9.23. The van der Waals surface area contributed by atoms with Crippen molar-refractivity contribution in [1.82, 2.24) is 19.8 Å². The van der Waals surface area contributed by atoms with Gasteiger partial charge >= 0.3 is 0 Å². The molecule has 2 aromatic heterocycles. The topological polar surface area (TPSA) is 67.4 Å². The summed E-state index contributed by atoms with van der Waals surface area (Å²) in [5.74, 6) is 1.44. The lowest BCUT2D eigenvalue weighted by Gasteiger charge is -2.23. The van der Waals surface area contributed by atoms with Gasteiger partial charge in [0.15, 0.2) is 0 Å². The largest absolute Gasteiger partial charge is 0.361 e. The van der Waals surface area contributed by atoms with Crippen molar-refractivity contribution < 1.29 is 9.32 Å². The van der Waals surface area contributed by atoms with Crippen molar-refractivity contribution in [3.8, 4) is 0 Å². The molecule has 1 aromatic carbocycles. The molecule has 0 saturated carbocycles. The van der Waals surface area contributed by atoms with E-state index in [-0.39, 0.29) is 11.9 Å². The van der Waals surface area contributed by atoms with E-state index in [4.69, 9.17) is 4.52 Å². The first-order valence-corrected chi connectivity index (χ1v) is 9.23. The second-order valence-corrected chi connectivity index (χ2v) is 7.08. The van der Waals surface area contributed by atoms with E-state index in [0.717, 1.165) is 22.6 Å². The highest BCUT2D eigenvalue weighted by Gasteiger charge is 2.39. The van der Waals surface area contributed by atoms with E-state index in [1.807, 2.05) is 50.1 Å². The van der Waals surface area contributed by atoms with Crippen LogP contribution in [0.25, 0.3) is 0 Å². The highest BCUT2D eigenvalue weighted by Crippen LogP contribution is 2.31. The summed E-state index contributed by atoms with van der Waals surface area (Å²) in [6, 6.07) is 9.80. The number of amides is 1. The third-order valence-electron chi connectivity index (χ3n) is 5.21. The number of nitrogens with zero attached hydrogens (tertiary/aromatic N) is 5. The molecule has 0 N–H and O–H groups in total. The zero-order chi connectivity index (χ0) is 19.8. The van der Waals surface area contributed by atoms with Crippen LogP contribution in [0.1, 0.15) is 29.5 Å². The first-order chi connectivity index (χ1) is 13.5. The zero-order valence-corrected chi connectivity index (χ0v) is 16.3. The Morgan fingerprint density at radius 1 is 1.18 bits per heavy atom. The van der Waals surface area contributed by atoms with Crippen LogP contribution in [0.2, 0.25) is 0 Å². The van der Waals surface area contributed by atoms with Gasteiger partial charge in [-0.1, -0.05) is 42.1 Å². The summed E-state index contributed by atoms with van der Waals surface area (Å²) in [5, 5.41) is 8.39. The van der Waals surface area contributed by atoms with Crippen LogP contribution in [0.3, 0.4) is 0 Å². The standard InChI is InChI=1S/C21H23N5O2/c1-14-20(16(3)28-23-14)13-24-12-19(10-22-24)26-17(4)25(15(2)21(26)27)11-18-8-6-5-7-9-18/h5-10,12,15H,4,11,13H2,1-3H3. The Kier molecular flexibility index (Phi) is 4.50. The minimum absolute atomic E-state index is 0.00202. The van der Waals surface area contributed by atoms with Gasteiger partial charge in [-0.3, -0.25) is 14.4 Å². The quantitative estimate of drug-likeness (QED) is 0.683. The summed E-state index contributed by atoms with van der Waals surface area (Å²) >= 11 is 0.